The molecule has 0 unspecified atom stereocenters. The van der Waals surface area contributed by atoms with Gasteiger partial charge in [-0.2, -0.15) is 0 Å². The van der Waals surface area contributed by atoms with E-state index in [9.17, 15) is 9.59 Å². The molecule has 1 aliphatic carbocycles. The summed E-state index contributed by atoms with van der Waals surface area (Å²) in [5.74, 6) is -0.819. The van der Waals surface area contributed by atoms with E-state index in [2.05, 4.69) is 5.32 Å². The van der Waals surface area contributed by atoms with E-state index in [1.165, 1.54) is 0 Å². The predicted octanol–water partition coefficient (Wildman–Crippen LogP) is 5.26. The number of allylic oxidation sites excluding steroid dienone is 3. The number of benzene rings is 1. The maximum Gasteiger partial charge on any atom is 0.336 e. The highest BCUT2D eigenvalue weighted by atomic mass is 35.5. The molecule has 0 radical (unpaired) electrons. The Labute approximate surface area is 197 Å². The number of esters is 1. The second-order valence-corrected chi connectivity index (χ2v) is 9.84. The Morgan fingerprint density at radius 1 is 1.16 bits per heavy atom. The minimum atomic E-state index is -0.431. The molecule has 0 bridgehead atoms. The molecule has 0 saturated heterocycles. The van der Waals surface area contributed by atoms with Crippen molar-refractivity contribution >= 4 is 34.7 Å². The number of carbonyl (C=O) groups excluding carboxylic acids is 2. The molecule has 4 rings (SSSR count). The van der Waals surface area contributed by atoms with E-state index in [0.29, 0.717) is 35.6 Å². The van der Waals surface area contributed by atoms with Gasteiger partial charge in [-0.15, -0.1) is 11.3 Å². The first-order valence-electron chi connectivity index (χ1n) is 10.6. The largest absolute Gasteiger partial charge is 0.460 e. The first kappa shape index (κ1) is 22.8. The van der Waals surface area contributed by atoms with Gasteiger partial charge in [-0.05, 0) is 49.9 Å². The van der Waals surface area contributed by atoms with Crippen LogP contribution in [0.25, 0.3) is 0 Å². The average Bonchev–Trinajstić information content (AvgIpc) is 3.19. The van der Waals surface area contributed by atoms with Crippen molar-refractivity contribution in [2.24, 2.45) is 0 Å². The van der Waals surface area contributed by atoms with Crippen molar-refractivity contribution in [3.8, 4) is 0 Å². The lowest BCUT2D eigenvalue weighted by Crippen LogP contribution is -2.36. The summed E-state index contributed by atoms with van der Waals surface area (Å²) in [4.78, 5) is 28.7. The lowest BCUT2D eigenvalue weighted by molar-refractivity contribution is -0.140. The summed E-state index contributed by atoms with van der Waals surface area (Å²) in [6.07, 6.45) is 1.02. The molecule has 2 aromatic rings. The number of ether oxygens (including phenoxy) is 2. The van der Waals surface area contributed by atoms with Crippen molar-refractivity contribution in [2.75, 3.05) is 20.3 Å². The first-order chi connectivity index (χ1) is 15.4. The highest BCUT2D eigenvalue weighted by Crippen LogP contribution is 2.47. The number of carbonyl (C=O) groups is 2. The highest BCUT2D eigenvalue weighted by molar-refractivity contribution is 7.12. The third-order valence-corrected chi connectivity index (χ3v) is 7.37. The van der Waals surface area contributed by atoms with E-state index >= 15 is 0 Å². The van der Waals surface area contributed by atoms with Crippen molar-refractivity contribution < 1.29 is 19.1 Å². The number of rotatable bonds is 6. The van der Waals surface area contributed by atoms with Gasteiger partial charge in [0, 0.05) is 45.3 Å². The quantitative estimate of drug-likeness (QED) is 0.459. The number of dihydropyridines is 1. The van der Waals surface area contributed by atoms with Gasteiger partial charge in [-0.3, -0.25) is 4.79 Å². The van der Waals surface area contributed by atoms with Crippen LogP contribution in [0.2, 0.25) is 5.02 Å². The third-order valence-electron chi connectivity index (χ3n) is 5.96. The minimum Gasteiger partial charge on any atom is -0.460 e. The Morgan fingerprint density at radius 2 is 1.94 bits per heavy atom. The molecule has 2 atom stereocenters. The monoisotopic (exact) mass is 471 g/mol. The van der Waals surface area contributed by atoms with Gasteiger partial charge in [0.15, 0.2) is 5.78 Å². The lowest BCUT2D eigenvalue weighted by Gasteiger charge is -2.36. The van der Waals surface area contributed by atoms with Gasteiger partial charge in [-0.25, -0.2) is 4.79 Å². The maximum atomic E-state index is 13.5. The van der Waals surface area contributed by atoms with Crippen LogP contribution in [0.4, 0.5) is 0 Å². The molecule has 0 saturated carbocycles. The molecule has 1 aromatic heterocycles. The van der Waals surface area contributed by atoms with E-state index in [1.807, 2.05) is 50.2 Å². The van der Waals surface area contributed by atoms with Crippen LogP contribution in [-0.2, 0) is 19.1 Å². The second-order valence-electron chi connectivity index (χ2n) is 8.12. The van der Waals surface area contributed by atoms with Crippen LogP contribution in [0.5, 0.6) is 0 Å². The van der Waals surface area contributed by atoms with Gasteiger partial charge in [0.1, 0.15) is 6.61 Å². The Kier molecular flexibility index (Phi) is 6.84. The van der Waals surface area contributed by atoms with Crippen LogP contribution in [0, 0.1) is 6.92 Å². The zero-order valence-corrected chi connectivity index (χ0v) is 19.9. The number of hydrogen-bond acceptors (Lipinski definition) is 6. The Balaban J connectivity index is 1.74. The van der Waals surface area contributed by atoms with Gasteiger partial charge >= 0.3 is 5.97 Å². The number of thiophene rings is 1. The maximum absolute atomic E-state index is 13.5. The van der Waals surface area contributed by atoms with E-state index in [1.54, 1.807) is 18.4 Å². The fourth-order valence-electron chi connectivity index (χ4n) is 4.52. The zero-order valence-electron chi connectivity index (χ0n) is 18.4. The molecule has 1 aromatic carbocycles. The van der Waals surface area contributed by atoms with Gasteiger partial charge in [0.25, 0.3) is 0 Å². The topological polar surface area (TPSA) is 64.6 Å². The van der Waals surface area contributed by atoms with Gasteiger partial charge in [-0.1, -0.05) is 29.8 Å². The molecular formula is C25H26ClNO4S. The van der Waals surface area contributed by atoms with Crippen molar-refractivity contribution in [1.82, 2.24) is 5.32 Å². The summed E-state index contributed by atoms with van der Waals surface area (Å²) >= 11 is 8.04. The van der Waals surface area contributed by atoms with Crippen LogP contribution < -0.4 is 5.32 Å². The number of hydrogen-bond donors (Lipinski definition) is 1. The van der Waals surface area contributed by atoms with Crippen LogP contribution in [-0.4, -0.2) is 32.1 Å². The van der Waals surface area contributed by atoms with E-state index < -0.39 is 11.9 Å². The molecule has 2 heterocycles. The number of nitrogens with one attached hydrogen (secondary N) is 1. The van der Waals surface area contributed by atoms with E-state index in [0.717, 1.165) is 26.7 Å². The fraction of sp³-hybridized carbons (Fsp3) is 0.360. The average molecular weight is 472 g/mol. The number of ketones is 1. The van der Waals surface area contributed by atoms with Crippen LogP contribution in [0.15, 0.2) is 58.9 Å². The lowest BCUT2D eigenvalue weighted by atomic mass is 9.73. The summed E-state index contributed by atoms with van der Waals surface area (Å²) in [6, 6.07) is 11.7. The Hall–Kier alpha value is -2.41. The number of halogens is 1. The second kappa shape index (κ2) is 9.61. The first-order valence-corrected chi connectivity index (χ1v) is 11.8. The highest BCUT2D eigenvalue weighted by Gasteiger charge is 2.42. The molecule has 0 amide bonds. The van der Waals surface area contributed by atoms with Crippen molar-refractivity contribution in [2.45, 2.75) is 38.5 Å². The van der Waals surface area contributed by atoms with Gasteiger partial charge in [0.05, 0.1) is 18.1 Å². The van der Waals surface area contributed by atoms with Gasteiger partial charge < -0.3 is 14.8 Å². The zero-order chi connectivity index (χ0) is 22.8. The van der Waals surface area contributed by atoms with E-state index in [-0.39, 0.29) is 18.3 Å². The fourth-order valence-corrected chi connectivity index (χ4v) is 5.81. The molecule has 5 nitrogen and oxygen atoms in total. The van der Waals surface area contributed by atoms with Crippen LogP contribution >= 0.6 is 22.9 Å². The molecule has 1 aliphatic heterocycles. The molecule has 0 fully saturated rings. The molecule has 32 heavy (non-hydrogen) atoms. The van der Waals surface area contributed by atoms with Crippen molar-refractivity contribution in [1.29, 1.82) is 0 Å². The Bertz CT molecular complexity index is 1120. The van der Waals surface area contributed by atoms with Crippen LogP contribution in [0.1, 0.15) is 46.9 Å². The molecular weight excluding hydrogens is 446 g/mol. The molecule has 2 aliphatic rings. The SMILES string of the molecule is COCCOC(=O)C1=C(C)NC2=C(C(=O)C[C@H](c3ccccc3Cl)C2)[C@H]1c1ccc(C)s1. The normalized spacial score (nSPS) is 20.8. The summed E-state index contributed by atoms with van der Waals surface area (Å²) in [7, 11) is 1.56. The molecule has 7 heteroatoms. The summed E-state index contributed by atoms with van der Waals surface area (Å²) in [6.45, 7) is 4.37. The van der Waals surface area contributed by atoms with Crippen molar-refractivity contribution in [3.05, 3.63) is 79.3 Å². The smallest absolute Gasteiger partial charge is 0.336 e. The standard InChI is InChI=1S/C25H26ClNO4S/c1-14-8-9-21(32-14)24-22(25(29)31-11-10-30-3)15(2)27-19-12-16(13-20(28)23(19)24)17-6-4-5-7-18(17)26/h4-9,16,24,27H,10-13H2,1-3H3/t16-,24+/m1/s1. The van der Waals surface area contributed by atoms with E-state index in [4.69, 9.17) is 21.1 Å². The summed E-state index contributed by atoms with van der Waals surface area (Å²) in [5.41, 5.74) is 3.72. The summed E-state index contributed by atoms with van der Waals surface area (Å²) in [5, 5.41) is 4.04. The molecule has 0 spiro atoms. The Morgan fingerprint density at radius 3 is 2.62 bits per heavy atom. The minimum absolute atomic E-state index is 0.00354. The summed E-state index contributed by atoms with van der Waals surface area (Å²) < 4.78 is 10.5. The molecule has 168 valence electrons. The van der Waals surface area contributed by atoms with Gasteiger partial charge in [0.2, 0.25) is 0 Å². The number of Topliss-reactive ketones (excluding diaryl/α,β-unsaturated/α-hetero) is 1. The van der Waals surface area contributed by atoms with Crippen molar-refractivity contribution in [3.63, 3.8) is 0 Å². The number of methoxy groups -OCH3 is 1. The number of aryl methyl sites for hydroxylation is 1. The predicted molar refractivity (Wildman–Crippen MR) is 126 cm³/mol. The third kappa shape index (κ3) is 4.40. The van der Waals surface area contributed by atoms with Crippen LogP contribution in [0.3, 0.4) is 0 Å². The molecule has 1 N–H and O–H groups in total.